The van der Waals surface area contributed by atoms with Crippen LogP contribution in [0.2, 0.25) is 10.0 Å². The van der Waals surface area contributed by atoms with Gasteiger partial charge in [-0.15, -0.1) is 0 Å². The van der Waals surface area contributed by atoms with Crippen LogP contribution in [-0.4, -0.2) is 4.98 Å². The molecule has 0 amide bonds. The molecule has 0 bridgehead atoms. The summed E-state index contributed by atoms with van der Waals surface area (Å²) in [7, 11) is 0. The van der Waals surface area contributed by atoms with Gasteiger partial charge < -0.3 is 0 Å². The van der Waals surface area contributed by atoms with Crippen molar-refractivity contribution in [2.75, 3.05) is 0 Å². The highest BCUT2D eigenvalue weighted by atomic mass is 35.5. The monoisotopic (exact) mass is 248 g/mol. The van der Waals surface area contributed by atoms with E-state index in [9.17, 15) is 0 Å². The quantitative estimate of drug-likeness (QED) is 0.767. The van der Waals surface area contributed by atoms with E-state index in [2.05, 4.69) is 11.1 Å². The number of nitrogens with zero attached hydrogens (tertiary/aromatic N) is 2. The lowest BCUT2D eigenvalue weighted by molar-refractivity contribution is 1.31. The highest BCUT2D eigenvalue weighted by Gasteiger charge is 2.06. The Kier molecular flexibility index (Phi) is 3.09. The third-order valence-corrected chi connectivity index (χ3v) is 2.64. The summed E-state index contributed by atoms with van der Waals surface area (Å²) in [6.45, 7) is 0. The van der Waals surface area contributed by atoms with E-state index in [1.807, 2.05) is 0 Å². The Balaban J connectivity index is 2.55. The Hall–Kier alpha value is -1.56. The predicted octanol–water partition coefficient (Wildman–Crippen LogP) is 3.93. The molecule has 1 heterocycles. The molecule has 1 aromatic heterocycles. The third-order valence-electron chi connectivity index (χ3n) is 2.10. The van der Waals surface area contributed by atoms with Crippen molar-refractivity contribution in [2.24, 2.45) is 0 Å². The van der Waals surface area contributed by atoms with Gasteiger partial charge in [0, 0.05) is 16.8 Å². The molecule has 0 N–H and O–H groups in total. The van der Waals surface area contributed by atoms with E-state index in [0.29, 0.717) is 21.3 Å². The topological polar surface area (TPSA) is 36.7 Å². The molecule has 16 heavy (non-hydrogen) atoms. The van der Waals surface area contributed by atoms with Gasteiger partial charge in [-0.25, -0.2) is 0 Å². The van der Waals surface area contributed by atoms with E-state index in [4.69, 9.17) is 28.5 Å². The Labute approximate surface area is 103 Å². The van der Waals surface area contributed by atoms with E-state index >= 15 is 0 Å². The minimum absolute atomic E-state index is 0.523. The fourth-order valence-corrected chi connectivity index (χ4v) is 1.85. The number of halogens is 2. The standard InChI is InChI=1S/C12H6Cl2N2/c13-9-1-2-10(11(14)6-9)12-5-8(7-15)3-4-16-12/h1-6H. The van der Waals surface area contributed by atoms with Crippen molar-refractivity contribution in [2.45, 2.75) is 0 Å². The van der Waals surface area contributed by atoms with Gasteiger partial charge in [0.1, 0.15) is 0 Å². The van der Waals surface area contributed by atoms with Crippen molar-refractivity contribution in [3.63, 3.8) is 0 Å². The molecule has 0 radical (unpaired) electrons. The zero-order valence-corrected chi connectivity index (χ0v) is 9.63. The molecule has 0 unspecified atom stereocenters. The first kappa shape index (κ1) is 10.9. The maximum atomic E-state index is 8.79. The number of nitriles is 1. The summed E-state index contributed by atoms with van der Waals surface area (Å²) in [4.78, 5) is 4.17. The van der Waals surface area contributed by atoms with Crippen LogP contribution in [0.4, 0.5) is 0 Å². The molecule has 0 spiro atoms. The van der Waals surface area contributed by atoms with Gasteiger partial charge in [0.05, 0.1) is 22.3 Å². The van der Waals surface area contributed by atoms with Crippen molar-refractivity contribution >= 4 is 23.2 Å². The van der Waals surface area contributed by atoms with Gasteiger partial charge in [-0.2, -0.15) is 5.26 Å². The summed E-state index contributed by atoms with van der Waals surface area (Å²) in [5.74, 6) is 0. The van der Waals surface area contributed by atoms with Crippen LogP contribution >= 0.6 is 23.2 Å². The van der Waals surface area contributed by atoms with Gasteiger partial charge in [0.2, 0.25) is 0 Å². The van der Waals surface area contributed by atoms with Gasteiger partial charge in [-0.3, -0.25) is 4.98 Å². The number of hydrogen-bond donors (Lipinski definition) is 0. The smallest absolute Gasteiger partial charge is 0.0992 e. The van der Waals surface area contributed by atoms with Crippen LogP contribution in [0.15, 0.2) is 36.5 Å². The van der Waals surface area contributed by atoms with Crippen molar-refractivity contribution in [1.29, 1.82) is 5.26 Å². The fourth-order valence-electron chi connectivity index (χ4n) is 1.34. The Morgan fingerprint density at radius 1 is 1.12 bits per heavy atom. The first-order valence-electron chi connectivity index (χ1n) is 4.52. The summed E-state index contributed by atoms with van der Waals surface area (Å²) in [5.41, 5.74) is 1.99. The highest BCUT2D eigenvalue weighted by Crippen LogP contribution is 2.29. The third kappa shape index (κ3) is 2.16. The summed E-state index contributed by atoms with van der Waals surface area (Å²) >= 11 is 11.9. The molecule has 78 valence electrons. The highest BCUT2D eigenvalue weighted by molar-refractivity contribution is 6.36. The van der Waals surface area contributed by atoms with Crippen LogP contribution in [0.3, 0.4) is 0 Å². The van der Waals surface area contributed by atoms with E-state index in [0.717, 1.165) is 5.56 Å². The summed E-state index contributed by atoms with van der Waals surface area (Å²) in [6.07, 6.45) is 1.58. The molecule has 0 fully saturated rings. The van der Waals surface area contributed by atoms with Crippen molar-refractivity contribution in [3.05, 3.63) is 52.1 Å². The van der Waals surface area contributed by atoms with E-state index < -0.39 is 0 Å². The minimum Gasteiger partial charge on any atom is -0.256 e. The molecule has 0 saturated carbocycles. The number of hydrogen-bond acceptors (Lipinski definition) is 2. The van der Waals surface area contributed by atoms with Gasteiger partial charge in [0.15, 0.2) is 0 Å². The largest absolute Gasteiger partial charge is 0.256 e. The van der Waals surface area contributed by atoms with Gasteiger partial charge in [-0.1, -0.05) is 23.2 Å². The first-order valence-corrected chi connectivity index (χ1v) is 5.28. The zero-order valence-electron chi connectivity index (χ0n) is 8.11. The molecule has 1 aromatic carbocycles. The molecular weight excluding hydrogens is 243 g/mol. The molecular formula is C12H6Cl2N2. The second kappa shape index (κ2) is 4.52. The minimum atomic E-state index is 0.523. The Morgan fingerprint density at radius 3 is 2.62 bits per heavy atom. The summed E-state index contributed by atoms with van der Waals surface area (Å²) in [5, 5.41) is 9.89. The average molecular weight is 249 g/mol. The first-order chi connectivity index (χ1) is 7.70. The lowest BCUT2D eigenvalue weighted by Gasteiger charge is -2.03. The van der Waals surface area contributed by atoms with Crippen LogP contribution in [0.25, 0.3) is 11.3 Å². The van der Waals surface area contributed by atoms with E-state index in [1.54, 1.807) is 36.5 Å². The van der Waals surface area contributed by atoms with E-state index in [-0.39, 0.29) is 0 Å². The number of aromatic nitrogens is 1. The zero-order chi connectivity index (χ0) is 11.5. The summed E-state index contributed by atoms with van der Waals surface area (Å²) < 4.78 is 0. The molecule has 2 nitrogen and oxygen atoms in total. The van der Waals surface area contributed by atoms with E-state index in [1.165, 1.54) is 0 Å². The molecule has 0 saturated heterocycles. The van der Waals surface area contributed by atoms with Gasteiger partial charge in [0.25, 0.3) is 0 Å². The number of pyridine rings is 1. The SMILES string of the molecule is N#Cc1ccnc(-c2ccc(Cl)cc2Cl)c1. The molecule has 0 aliphatic rings. The molecule has 4 heteroatoms. The lowest BCUT2D eigenvalue weighted by atomic mass is 10.1. The fraction of sp³-hybridized carbons (Fsp3) is 0. The lowest BCUT2D eigenvalue weighted by Crippen LogP contribution is -1.86. The average Bonchev–Trinajstić information content (AvgIpc) is 2.29. The van der Waals surface area contributed by atoms with Crippen molar-refractivity contribution in [3.8, 4) is 17.3 Å². The molecule has 0 aliphatic heterocycles. The molecule has 2 aromatic rings. The molecule has 0 aliphatic carbocycles. The van der Waals surface area contributed by atoms with Crippen LogP contribution in [-0.2, 0) is 0 Å². The van der Waals surface area contributed by atoms with Crippen molar-refractivity contribution < 1.29 is 0 Å². The Bertz CT molecular complexity index is 573. The molecule has 2 rings (SSSR count). The van der Waals surface area contributed by atoms with Crippen LogP contribution in [0.1, 0.15) is 5.56 Å². The molecule has 0 atom stereocenters. The maximum absolute atomic E-state index is 8.79. The normalized spacial score (nSPS) is 9.81. The van der Waals surface area contributed by atoms with Crippen LogP contribution in [0, 0.1) is 11.3 Å². The second-order valence-electron chi connectivity index (χ2n) is 3.17. The maximum Gasteiger partial charge on any atom is 0.0992 e. The van der Waals surface area contributed by atoms with Crippen LogP contribution < -0.4 is 0 Å². The van der Waals surface area contributed by atoms with Gasteiger partial charge >= 0.3 is 0 Å². The number of rotatable bonds is 1. The van der Waals surface area contributed by atoms with Crippen LogP contribution in [0.5, 0.6) is 0 Å². The van der Waals surface area contributed by atoms with Gasteiger partial charge in [-0.05, 0) is 30.3 Å². The predicted molar refractivity (Wildman–Crippen MR) is 64.4 cm³/mol. The second-order valence-corrected chi connectivity index (χ2v) is 4.01. The Morgan fingerprint density at radius 2 is 1.94 bits per heavy atom. The number of benzene rings is 1. The van der Waals surface area contributed by atoms with Crippen molar-refractivity contribution in [1.82, 2.24) is 4.98 Å². The summed E-state index contributed by atoms with van der Waals surface area (Å²) in [6, 6.07) is 10.6.